The Morgan fingerprint density at radius 2 is 2.18 bits per heavy atom. The number of anilines is 1. The Balaban J connectivity index is 1.95. The Kier molecular flexibility index (Phi) is 3.97. The molecule has 3 nitrogen and oxygen atoms in total. The predicted octanol–water partition coefficient (Wildman–Crippen LogP) is 2.97. The van der Waals surface area contributed by atoms with E-state index in [4.69, 9.17) is 0 Å². The molecule has 1 heterocycles. The molecule has 4 heteroatoms. The van der Waals surface area contributed by atoms with Crippen molar-refractivity contribution in [2.75, 3.05) is 32.5 Å². The van der Waals surface area contributed by atoms with Crippen molar-refractivity contribution >= 4 is 26.7 Å². The van der Waals surface area contributed by atoms with Crippen LogP contribution >= 0.6 is 11.3 Å². The van der Waals surface area contributed by atoms with E-state index < -0.39 is 0 Å². The molecule has 92 valence electrons. The van der Waals surface area contributed by atoms with Crippen LogP contribution in [0.4, 0.5) is 5.13 Å². The maximum Gasteiger partial charge on any atom is 0.183 e. The third-order valence-corrected chi connectivity index (χ3v) is 3.60. The highest BCUT2D eigenvalue weighted by Crippen LogP contribution is 2.26. The largest absolute Gasteiger partial charge is 0.361 e. The van der Waals surface area contributed by atoms with Gasteiger partial charge in [-0.05, 0) is 51.7 Å². The zero-order valence-corrected chi connectivity index (χ0v) is 11.5. The van der Waals surface area contributed by atoms with Crippen LogP contribution in [0.25, 0.3) is 10.2 Å². The molecule has 1 aromatic heterocycles. The first-order valence-corrected chi connectivity index (χ1v) is 6.72. The van der Waals surface area contributed by atoms with Gasteiger partial charge in [-0.15, -0.1) is 0 Å². The summed E-state index contributed by atoms with van der Waals surface area (Å²) in [6.45, 7) is 4.19. The molecule has 0 saturated carbocycles. The van der Waals surface area contributed by atoms with Crippen molar-refractivity contribution in [1.82, 2.24) is 9.88 Å². The molecule has 0 saturated heterocycles. The van der Waals surface area contributed by atoms with Gasteiger partial charge in [0.25, 0.3) is 0 Å². The first kappa shape index (κ1) is 12.3. The normalized spacial score (nSPS) is 11.3. The number of nitrogens with one attached hydrogen (secondary N) is 1. The fourth-order valence-electron chi connectivity index (χ4n) is 1.70. The fraction of sp³-hybridized carbons (Fsp3) is 0.462. The smallest absolute Gasteiger partial charge is 0.183 e. The van der Waals surface area contributed by atoms with Crippen molar-refractivity contribution in [2.24, 2.45) is 0 Å². The highest BCUT2D eigenvalue weighted by atomic mass is 32.1. The van der Waals surface area contributed by atoms with Crippen molar-refractivity contribution in [2.45, 2.75) is 13.3 Å². The van der Waals surface area contributed by atoms with Gasteiger partial charge in [-0.2, -0.15) is 0 Å². The number of rotatable bonds is 5. The van der Waals surface area contributed by atoms with Crippen LogP contribution in [0.3, 0.4) is 0 Å². The van der Waals surface area contributed by atoms with E-state index in [0.29, 0.717) is 0 Å². The molecule has 0 spiro atoms. The molecule has 0 atom stereocenters. The molecule has 0 bridgehead atoms. The zero-order valence-electron chi connectivity index (χ0n) is 10.7. The second-order valence-corrected chi connectivity index (χ2v) is 5.60. The van der Waals surface area contributed by atoms with E-state index in [0.717, 1.165) is 30.2 Å². The van der Waals surface area contributed by atoms with Crippen LogP contribution in [0.2, 0.25) is 0 Å². The first-order chi connectivity index (χ1) is 8.15. The molecule has 0 aliphatic carbocycles. The van der Waals surface area contributed by atoms with Gasteiger partial charge in [0, 0.05) is 6.54 Å². The quantitative estimate of drug-likeness (QED) is 0.826. The summed E-state index contributed by atoms with van der Waals surface area (Å²) in [7, 11) is 4.20. The van der Waals surface area contributed by atoms with Crippen LogP contribution in [0.1, 0.15) is 12.0 Å². The van der Waals surface area contributed by atoms with Gasteiger partial charge >= 0.3 is 0 Å². The molecule has 1 N–H and O–H groups in total. The van der Waals surface area contributed by atoms with Gasteiger partial charge in [-0.1, -0.05) is 17.4 Å². The molecular weight excluding hydrogens is 230 g/mol. The van der Waals surface area contributed by atoms with Gasteiger partial charge in [0.15, 0.2) is 5.13 Å². The standard InChI is InChI=1S/C13H19N3S/c1-10-5-6-12-11(9-10)15-13(17-12)14-7-4-8-16(2)3/h5-6,9H,4,7-8H2,1-3H3,(H,14,15). The lowest BCUT2D eigenvalue weighted by molar-refractivity contribution is 0.405. The summed E-state index contributed by atoms with van der Waals surface area (Å²) in [5.74, 6) is 0. The van der Waals surface area contributed by atoms with Gasteiger partial charge in [0.2, 0.25) is 0 Å². The summed E-state index contributed by atoms with van der Waals surface area (Å²) in [4.78, 5) is 6.78. The summed E-state index contributed by atoms with van der Waals surface area (Å²) in [5, 5.41) is 4.42. The van der Waals surface area contributed by atoms with Crippen molar-refractivity contribution in [1.29, 1.82) is 0 Å². The summed E-state index contributed by atoms with van der Waals surface area (Å²) < 4.78 is 1.26. The van der Waals surface area contributed by atoms with E-state index in [1.165, 1.54) is 10.3 Å². The predicted molar refractivity (Wildman–Crippen MR) is 76.0 cm³/mol. The molecule has 1 aromatic carbocycles. The molecule has 0 aliphatic rings. The Labute approximate surface area is 106 Å². The van der Waals surface area contributed by atoms with Gasteiger partial charge in [0.1, 0.15) is 0 Å². The van der Waals surface area contributed by atoms with Gasteiger partial charge in [0.05, 0.1) is 10.2 Å². The van der Waals surface area contributed by atoms with Crippen molar-refractivity contribution < 1.29 is 0 Å². The maximum absolute atomic E-state index is 4.58. The molecule has 0 fully saturated rings. The topological polar surface area (TPSA) is 28.2 Å². The molecule has 0 radical (unpaired) electrons. The van der Waals surface area contributed by atoms with Crippen LogP contribution in [-0.4, -0.2) is 37.1 Å². The van der Waals surface area contributed by atoms with E-state index in [9.17, 15) is 0 Å². The SMILES string of the molecule is Cc1ccc2sc(NCCCN(C)C)nc2c1. The van der Waals surface area contributed by atoms with Crippen molar-refractivity contribution in [3.63, 3.8) is 0 Å². The summed E-state index contributed by atoms with van der Waals surface area (Å²) in [6, 6.07) is 6.42. The lowest BCUT2D eigenvalue weighted by atomic mass is 10.2. The summed E-state index contributed by atoms with van der Waals surface area (Å²) >= 11 is 1.73. The van der Waals surface area contributed by atoms with E-state index in [2.05, 4.69) is 54.4 Å². The van der Waals surface area contributed by atoms with Crippen LogP contribution < -0.4 is 5.32 Å². The number of fused-ring (bicyclic) bond motifs is 1. The highest BCUT2D eigenvalue weighted by Gasteiger charge is 2.02. The van der Waals surface area contributed by atoms with Gasteiger partial charge in [-0.25, -0.2) is 4.98 Å². The van der Waals surface area contributed by atoms with E-state index in [1.807, 2.05) is 0 Å². The van der Waals surface area contributed by atoms with Crippen LogP contribution in [-0.2, 0) is 0 Å². The fourth-order valence-corrected chi connectivity index (χ4v) is 2.58. The van der Waals surface area contributed by atoms with E-state index in [-0.39, 0.29) is 0 Å². The Morgan fingerprint density at radius 1 is 1.35 bits per heavy atom. The first-order valence-electron chi connectivity index (χ1n) is 5.91. The Bertz CT molecular complexity index is 490. The molecule has 0 aliphatic heterocycles. The minimum absolute atomic E-state index is 0.983. The number of hydrogen-bond donors (Lipinski definition) is 1. The van der Waals surface area contributed by atoms with Gasteiger partial charge < -0.3 is 10.2 Å². The van der Waals surface area contributed by atoms with E-state index in [1.54, 1.807) is 11.3 Å². The lowest BCUT2D eigenvalue weighted by Gasteiger charge is -2.08. The molecular formula is C13H19N3S. The summed E-state index contributed by atoms with van der Waals surface area (Å²) in [5.41, 5.74) is 2.37. The number of benzene rings is 1. The number of aryl methyl sites for hydroxylation is 1. The molecule has 0 unspecified atom stereocenters. The number of hydrogen-bond acceptors (Lipinski definition) is 4. The maximum atomic E-state index is 4.58. The molecule has 2 rings (SSSR count). The third kappa shape index (κ3) is 3.41. The third-order valence-electron chi connectivity index (χ3n) is 2.60. The zero-order chi connectivity index (χ0) is 12.3. The van der Waals surface area contributed by atoms with Crippen LogP contribution in [0.5, 0.6) is 0 Å². The molecule has 17 heavy (non-hydrogen) atoms. The molecule has 0 amide bonds. The van der Waals surface area contributed by atoms with Crippen molar-refractivity contribution in [3.8, 4) is 0 Å². The number of aromatic nitrogens is 1. The number of nitrogens with zero attached hydrogens (tertiary/aromatic N) is 2. The average molecular weight is 249 g/mol. The summed E-state index contributed by atoms with van der Waals surface area (Å²) in [6.07, 6.45) is 1.14. The Hall–Kier alpha value is -1.13. The second kappa shape index (κ2) is 5.47. The van der Waals surface area contributed by atoms with Crippen molar-refractivity contribution in [3.05, 3.63) is 23.8 Å². The highest BCUT2D eigenvalue weighted by molar-refractivity contribution is 7.22. The number of thiazole rings is 1. The lowest BCUT2D eigenvalue weighted by Crippen LogP contribution is -2.16. The van der Waals surface area contributed by atoms with Crippen LogP contribution in [0, 0.1) is 6.92 Å². The minimum atomic E-state index is 0.983. The van der Waals surface area contributed by atoms with Gasteiger partial charge in [-0.3, -0.25) is 0 Å². The minimum Gasteiger partial charge on any atom is -0.361 e. The van der Waals surface area contributed by atoms with Crippen LogP contribution in [0.15, 0.2) is 18.2 Å². The second-order valence-electron chi connectivity index (χ2n) is 4.57. The van der Waals surface area contributed by atoms with E-state index >= 15 is 0 Å². The average Bonchev–Trinajstić information content (AvgIpc) is 2.66. The molecule has 2 aromatic rings. The Morgan fingerprint density at radius 3 is 2.94 bits per heavy atom. The monoisotopic (exact) mass is 249 g/mol.